The Labute approximate surface area is 209 Å². The number of anilines is 1. The summed E-state index contributed by atoms with van der Waals surface area (Å²) in [6, 6.07) is 29.4. The molecule has 174 valence electrons. The molecule has 0 radical (unpaired) electrons. The Balaban J connectivity index is 1.67. The maximum atomic E-state index is 12.6. The van der Waals surface area contributed by atoms with Crippen LogP contribution in [0.2, 0.25) is 0 Å². The van der Waals surface area contributed by atoms with Crippen molar-refractivity contribution in [1.29, 1.82) is 5.26 Å². The van der Waals surface area contributed by atoms with Gasteiger partial charge in [-0.2, -0.15) is 5.26 Å². The van der Waals surface area contributed by atoms with Crippen molar-refractivity contribution < 1.29 is 9.53 Å². The number of hydrogen-bond donors (Lipinski definition) is 1. The van der Waals surface area contributed by atoms with E-state index in [9.17, 15) is 10.1 Å². The van der Waals surface area contributed by atoms with Crippen molar-refractivity contribution in [3.05, 3.63) is 96.1 Å². The molecule has 1 N–H and O–H groups in total. The highest BCUT2D eigenvalue weighted by Gasteiger charge is 2.17. The predicted octanol–water partition coefficient (Wildman–Crippen LogP) is 6.73. The molecular weight excluding hydrogens is 454 g/mol. The zero-order valence-corrected chi connectivity index (χ0v) is 20.4. The van der Waals surface area contributed by atoms with Crippen LogP contribution in [-0.2, 0) is 4.79 Å². The molecule has 1 amide bonds. The van der Waals surface area contributed by atoms with E-state index in [0.29, 0.717) is 17.2 Å². The zero-order valence-electron chi connectivity index (χ0n) is 19.6. The Hall–Kier alpha value is -4.08. The minimum atomic E-state index is -0.154. The maximum absolute atomic E-state index is 12.6. The molecule has 5 nitrogen and oxygen atoms in total. The molecule has 1 aromatic heterocycles. The molecule has 0 spiro atoms. The first-order valence-electron chi connectivity index (χ1n) is 11.3. The first kappa shape index (κ1) is 24.1. The lowest BCUT2D eigenvalue weighted by Crippen LogP contribution is -2.14. The second kappa shape index (κ2) is 11.4. The number of rotatable bonds is 8. The number of benzene rings is 3. The molecule has 4 rings (SSSR count). The Kier molecular flexibility index (Phi) is 7.81. The van der Waals surface area contributed by atoms with Gasteiger partial charge in [0.15, 0.2) is 0 Å². The standard InChI is InChI=1S/C29H25N3O2S/c1-3-34-24-14-12-22(13-15-24)27-17-25(21-9-5-4-6-10-21)26(18-30)29(32-27)35-19-28(33)31-23-11-7-8-20(2)16-23/h4-17H,3,19H2,1-2H3,(H,31,33). The summed E-state index contributed by atoms with van der Waals surface area (Å²) in [5, 5.41) is 13.5. The van der Waals surface area contributed by atoms with Crippen LogP contribution in [0.4, 0.5) is 5.69 Å². The first-order valence-corrected chi connectivity index (χ1v) is 12.3. The molecular formula is C29H25N3O2S. The number of carbonyl (C=O) groups excluding carboxylic acids is 1. The number of ether oxygens (including phenoxy) is 1. The lowest BCUT2D eigenvalue weighted by Gasteiger charge is -2.13. The number of nitrogens with zero attached hydrogens (tertiary/aromatic N) is 2. The average Bonchev–Trinajstić information content (AvgIpc) is 2.88. The van der Waals surface area contributed by atoms with Gasteiger partial charge in [0, 0.05) is 16.8 Å². The van der Waals surface area contributed by atoms with Crippen LogP contribution in [0, 0.1) is 18.3 Å². The molecule has 4 aromatic rings. The van der Waals surface area contributed by atoms with Gasteiger partial charge in [-0.3, -0.25) is 4.79 Å². The Morgan fingerprint density at radius 3 is 2.46 bits per heavy atom. The van der Waals surface area contributed by atoms with Gasteiger partial charge in [-0.25, -0.2) is 4.98 Å². The summed E-state index contributed by atoms with van der Waals surface area (Å²) < 4.78 is 5.56. The number of pyridine rings is 1. The van der Waals surface area contributed by atoms with E-state index >= 15 is 0 Å². The topological polar surface area (TPSA) is 75.0 Å². The van der Waals surface area contributed by atoms with E-state index in [0.717, 1.165) is 39.4 Å². The van der Waals surface area contributed by atoms with Crippen molar-refractivity contribution in [2.75, 3.05) is 17.7 Å². The Morgan fingerprint density at radius 2 is 1.77 bits per heavy atom. The summed E-state index contributed by atoms with van der Waals surface area (Å²) >= 11 is 1.26. The second-order valence-corrected chi connectivity index (χ2v) is 8.84. The normalized spacial score (nSPS) is 10.4. The van der Waals surface area contributed by atoms with Gasteiger partial charge in [-0.05, 0) is 67.4 Å². The smallest absolute Gasteiger partial charge is 0.234 e. The predicted molar refractivity (Wildman–Crippen MR) is 142 cm³/mol. The fourth-order valence-electron chi connectivity index (χ4n) is 3.67. The van der Waals surface area contributed by atoms with Crippen molar-refractivity contribution in [3.63, 3.8) is 0 Å². The van der Waals surface area contributed by atoms with Gasteiger partial charge in [0.05, 0.1) is 23.6 Å². The number of aromatic nitrogens is 1. The summed E-state index contributed by atoms with van der Waals surface area (Å²) in [5.41, 5.74) is 5.61. The first-order chi connectivity index (χ1) is 17.1. The minimum Gasteiger partial charge on any atom is -0.494 e. The van der Waals surface area contributed by atoms with Crippen LogP contribution >= 0.6 is 11.8 Å². The number of nitriles is 1. The number of carbonyl (C=O) groups is 1. The van der Waals surface area contributed by atoms with E-state index in [1.807, 2.05) is 98.8 Å². The molecule has 3 aromatic carbocycles. The number of nitrogens with one attached hydrogen (secondary N) is 1. The van der Waals surface area contributed by atoms with Gasteiger partial charge in [0.25, 0.3) is 0 Å². The largest absolute Gasteiger partial charge is 0.494 e. The van der Waals surface area contributed by atoms with Crippen LogP contribution in [0.5, 0.6) is 5.75 Å². The maximum Gasteiger partial charge on any atom is 0.234 e. The third kappa shape index (κ3) is 6.08. The second-order valence-electron chi connectivity index (χ2n) is 7.88. The number of hydrogen-bond acceptors (Lipinski definition) is 5. The zero-order chi connectivity index (χ0) is 24.6. The third-order valence-electron chi connectivity index (χ3n) is 5.29. The van der Waals surface area contributed by atoms with Gasteiger partial charge in [-0.15, -0.1) is 0 Å². The monoisotopic (exact) mass is 479 g/mol. The van der Waals surface area contributed by atoms with E-state index in [-0.39, 0.29) is 11.7 Å². The molecule has 0 unspecified atom stereocenters. The highest BCUT2D eigenvalue weighted by atomic mass is 32.2. The van der Waals surface area contributed by atoms with Gasteiger partial charge in [0.1, 0.15) is 16.8 Å². The van der Waals surface area contributed by atoms with E-state index < -0.39 is 0 Å². The SMILES string of the molecule is CCOc1ccc(-c2cc(-c3ccccc3)c(C#N)c(SCC(=O)Nc3cccc(C)c3)n2)cc1. The molecule has 0 aliphatic rings. The summed E-state index contributed by atoms with van der Waals surface area (Å²) in [5.74, 6) is 0.769. The van der Waals surface area contributed by atoms with Crippen LogP contribution in [0.25, 0.3) is 22.4 Å². The summed E-state index contributed by atoms with van der Waals surface area (Å²) in [6.45, 7) is 4.52. The lowest BCUT2D eigenvalue weighted by molar-refractivity contribution is -0.113. The number of thioether (sulfide) groups is 1. The van der Waals surface area contributed by atoms with Crippen LogP contribution < -0.4 is 10.1 Å². The highest BCUT2D eigenvalue weighted by Crippen LogP contribution is 2.34. The average molecular weight is 480 g/mol. The lowest BCUT2D eigenvalue weighted by atomic mass is 9.99. The highest BCUT2D eigenvalue weighted by molar-refractivity contribution is 8.00. The third-order valence-corrected chi connectivity index (χ3v) is 6.26. The number of amides is 1. The van der Waals surface area contributed by atoms with Gasteiger partial charge >= 0.3 is 0 Å². The molecule has 0 atom stereocenters. The van der Waals surface area contributed by atoms with Crippen LogP contribution in [0.3, 0.4) is 0 Å². The quantitative estimate of drug-likeness (QED) is 0.284. The van der Waals surface area contributed by atoms with Crippen molar-refractivity contribution in [1.82, 2.24) is 4.98 Å². The van der Waals surface area contributed by atoms with Crippen LogP contribution in [0.15, 0.2) is 90.0 Å². The molecule has 0 saturated carbocycles. The molecule has 35 heavy (non-hydrogen) atoms. The molecule has 1 heterocycles. The van der Waals surface area contributed by atoms with Crippen molar-refractivity contribution in [3.8, 4) is 34.2 Å². The summed E-state index contributed by atoms with van der Waals surface area (Å²) in [6.07, 6.45) is 0. The van der Waals surface area contributed by atoms with E-state index in [4.69, 9.17) is 9.72 Å². The molecule has 0 saturated heterocycles. The Bertz CT molecular complexity index is 1360. The van der Waals surface area contributed by atoms with Crippen molar-refractivity contribution in [2.24, 2.45) is 0 Å². The van der Waals surface area contributed by atoms with E-state index in [2.05, 4.69) is 11.4 Å². The van der Waals surface area contributed by atoms with Crippen molar-refractivity contribution >= 4 is 23.4 Å². The molecule has 0 fully saturated rings. The van der Waals surface area contributed by atoms with Crippen LogP contribution in [0.1, 0.15) is 18.1 Å². The fraction of sp³-hybridized carbons (Fsp3) is 0.138. The summed E-state index contributed by atoms with van der Waals surface area (Å²) in [7, 11) is 0. The molecule has 0 aliphatic heterocycles. The van der Waals surface area contributed by atoms with E-state index in [1.165, 1.54) is 11.8 Å². The van der Waals surface area contributed by atoms with Gasteiger partial charge in [0.2, 0.25) is 5.91 Å². The molecule has 0 bridgehead atoms. The van der Waals surface area contributed by atoms with Crippen molar-refractivity contribution in [2.45, 2.75) is 18.9 Å². The van der Waals surface area contributed by atoms with Gasteiger partial charge in [-0.1, -0.05) is 54.2 Å². The van der Waals surface area contributed by atoms with Gasteiger partial charge < -0.3 is 10.1 Å². The molecule has 6 heteroatoms. The van der Waals surface area contributed by atoms with Crippen LogP contribution in [-0.4, -0.2) is 23.3 Å². The minimum absolute atomic E-state index is 0.135. The van der Waals surface area contributed by atoms with E-state index in [1.54, 1.807) is 0 Å². The molecule has 0 aliphatic carbocycles. The fourth-order valence-corrected chi connectivity index (χ4v) is 4.47. The number of aryl methyl sites for hydroxylation is 1. The summed E-state index contributed by atoms with van der Waals surface area (Å²) in [4.78, 5) is 17.4. The Morgan fingerprint density at radius 1 is 1.00 bits per heavy atom.